The first kappa shape index (κ1) is 20.0. The van der Waals surface area contributed by atoms with Crippen LogP contribution in [0.25, 0.3) is 0 Å². The van der Waals surface area contributed by atoms with Gasteiger partial charge in [-0.25, -0.2) is 9.59 Å². The lowest BCUT2D eigenvalue weighted by atomic mass is 10.1. The maximum absolute atomic E-state index is 12.6. The molecule has 2 rings (SSSR count). The van der Waals surface area contributed by atoms with Crippen LogP contribution in [0.3, 0.4) is 0 Å². The van der Waals surface area contributed by atoms with Crippen LogP contribution >= 0.6 is 0 Å². The number of benzene rings is 2. The normalized spacial score (nSPS) is 11.2. The van der Waals surface area contributed by atoms with Crippen molar-refractivity contribution in [2.45, 2.75) is 19.4 Å². The van der Waals surface area contributed by atoms with Crippen molar-refractivity contribution in [2.75, 3.05) is 19.5 Å². The third kappa shape index (κ3) is 5.31. The summed E-state index contributed by atoms with van der Waals surface area (Å²) in [5.41, 5.74) is 0.499. The van der Waals surface area contributed by atoms with Gasteiger partial charge in [0.1, 0.15) is 5.75 Å². The Morgan fingerprint density at radius 3 is 1.96 bits per heavy atom. The van der Waals surface area contributed by atoms with Crippen molar-refractivity contribution in [1.82, 2.24) is 0 Å². The van der Waals surface area contributed by atoms with Crippen LogP contribution in [0.4, 0.5) is 5.69 Å². The first-order chi connectivity index (χ1) is 13.0. The zero-order valence-electron chi connectivity index (χ0n) is 15.4. The molecule has 2 aromatic carbocycles. The van der Waals surface area contributed by atoms with Crippen molar-refractivity contribution in [3.05, 3.63) is 59.7 Å². The first-order valence-corrected chi connectivity index (χ1v) is 8.32. The van der Waals surface area contributed by atoms with Gasteiger partial charge >= 0.3 is 11.9 Å². The number of rotatable bonds is 7. The third-order valence-corrected chi connectivity index (χ3v) is 3.73. The summed E-state index contributed by atoms with van der Waals surface area (Å²) in [4.78, 5) is 36.2. The highest BCUT2D eigenvalue weighted by molar-refractivity contribution is 6.00. The Morgan fingerprint density at radius 2 is 1.48 bits per heavy atom. The van der Waals surface area contributed by atoms with Crippen LogP contribution < -0.4 is 10.1 Å². The van der Waals surface area contributed by atoms with Crippen molar-refractivity contribution in [2.24, 2.45) is 0 Å². The summed E-state index contributed by atoms with van der Waals surface area (Å²) in [7, 11) is 2.46. The molecule has 0 aliphatic rings. The van der Waals surface area contributed by atoms with Gasteiger partial charge in [-0.2, -0.15) is 0 Å². The minimum atomic E-state index is -0.740. The Kier molecular flexibility index (Phi) is 6.93. The molecule has 1 atom stereocenters. The summed E-state index contributed by atoms with van der Waals surface area (Å²) in [6.07, 6.45) is -0.308. The SMILES string of the molecule is CC[C@H](Oc1ccccc1)C(=O)Nc1cc(C(=O)OC)cc(C(=O)OC)c1. The second-order valence-electron chi connectivity index (χ2n) is 5.60. The first-order valence-electron chi connectivity index (χ1n) is 8.32. The molecule has 0 heterocycles. The molecule has 0 aliphatic carbocycles. The van der Waals surface area contributed by atoms with Gasteiger partial charge in [0.15, 0.2) is 6.10 Å². The predicted octanol–water partition coefficient (Wildman–Crippen LogP) is 3.06. The van der Waals surface area contributed by atoms with Gasteiger partial charge in [-0.3, -0.25) is 4.79 Å². The Labute approximate surface area is 157 Å². The number of ether oxygens (including phenoxy) is 3. The van der Waals surface area contributed by atoms with Gasteiger partial charge in [-0.05, 0) is 36.8 Å². The lowest BCUT2D eigenvalue weighted by Crippen LogP contribution is -2.32. The van der Waals surface area contributed by atoms with E-state index < -0.39 is 23.9 Å². The summed E-state index contributed by atoms with van der Waals surface area (Å²) in [5, 5.41) is 2.67. The maximum atomic E-state index is 12.6. The van der Waals surface area contributed by atoms with Crippen LogP contribution in [0.5, 0.6) is 5.75 Å². The second kappa shape index (κ2) is 9.38. The van der Waals surface area contributed by atoms with Crippen LogP contribution in [0.15, 0.2) is 48.5 Å². The Morgan fingerprint density at radius 1 is 0.926 bits per heavy atom. The molecule has 0 bridgehead atoms. The molecule has 0 unspecified atom stereocenters. The number of anilines is 1. The molecule has 7 heteroatoms. The minimum absolute atomic E-state index is 0.118. The van der Waals surface area contributed by atoms with E-state index in [0.717, 1.165) is 0 Å². The summed E-state index contributed by atoms with van der Waals surface area (Å²) >= 11 is 0. The number of carbonyl (C=O) groups excluding carboxylic acids is 3. The highest BCUT2D eigenvalue weighted by Gasteiger charge is 2.20. The standard InChI is InChI=1S/C20H21NO6/c1-4-17(27-16-8-6-5-7-9-16)18(22)21-15-11-13(19(23)25-2)10-14(12-15)20(24)26-3/h5-12,17H,4H2,1-3H3,(H,21,22)/t17-/m0/s1. The zero-order valence-corrected chi connectivity index (χ0v) is 15.4. The van der Waals surface area contributed by atoms with Gasteiger partial charge in [0.2, 0.25) is 0 Å². The Hall–Kier alpha value is -3.35. The van der Waals surface area contributed by atoms with E-state index in [-0.39, 0.29) is 16.8 Å². The van der Waals surface area contributed by atoms with Crippen LogP contribution in [0.1, 0.15) is 34.1 Å². The molecular weight excluding hydrogens is 350 g/mol. The minimum Gasteiger partial charge on any atom is -0.481 e. The number of hydrogen-bond acceptors (Lipinski definition) is 6. The fraction of sp³-hybridized carbons (Fsp3) is 0.250. The van der Waals surface area contributed by atoms with Crippen LogP contribution in [0, 0.1) is 0 Å². The molecule has 142 valence electrons. The number of esters is 2. The van der Waals surface area contributed by atoms with E-state index in [1.165, 1.54) is 32.4 Å². The van der Waals surface area contributed by atoms with E-state index in [1.54, 1.807) is 12.1 Å². The quantitative estimate of drug-likeness (QED) is 0.752. The average Bonchev–Trinajstić information content (AvgIpc) is 2.71. The molecule has 2 aromatic rings. The molecule has 0 saturated carbocycles. The third-order valence-electron chi connectivity index (χ3n) is 3.73. The highest BCUT2D eigenvalue weighted by Crippen LogP contribution is 2.19. The maximum Gasteiger partial charge on any atom is 0.337 e. The monoisotopic (exact) mass is 371 g/mol. The molecule has 1 amide bonds. The van der Waals surface area contributed by atoms with Gasteiger partial charge in [-0.1, -0.05) is 25.1 Å². The second-order valence-corrected chi connectivity index (χ2v) is 5.60. The molecular formula is C20H21NO6. The average molecular weight is 371 g/mol. The molecule has 0 aromatic heterocycles. The summed E-state index contributed by atoms with van der Waals surface area (Å²) in [5.74, 6) is -1.11. The molecule has 1 N–H and O–H groups in total. The number of amides is 1. The molecule has 0 aliphatic heterocycles. The topological polar surface area (TPSA) is 90.9 Å². The Bertz CT molecular complexity index is 784. The Balaban J connectivity index is 2.24. The van der Waals surface area contributed by atoms with Crippen molar-refractivity contribution < 1.29 is 28.6 Å². The van der Waals surface area contributed by atoms with Crippen LogP contribution in [-0.2, 0) is 14.3 Å². The van der Waals surface area contributed by atoms with Crippen LogP contribution in [-0.4, -0.2) is 38.2 Å². The van der Waals surface area contributed by atoms with Gasteiger partial charge in [0.25, 0.3) is 5.91 Å². The fourth-order valence-electron chi connectivity index (χ4n) is 2.38. The summed E-state index contributed by atoms with van der Waals surface area (Å²) in [6, 6.07) is 13.2. The van der Waals surface area contributed by atoms with E-state index in [9.17, 15) is 14.4 Å². The van der Waals surface area contributed by atoms with E-state index in [2.05, 4.69) is 14.8 Å². The molecule has 0 saturated heterocycles. The fourth-order valence-corrected chi connectivity index (χ4v) is 2.38. The number of methoxy groups -OCH3 is 2. The van der Waals surface area contributed by atoms with E-state index in [1.807, 2.05) is 25.1 Å². The molecule has 0 fully saturated rings. The molecule has 0 spiro atoms. The largest absolute Gasteiger partial charge is 0.481 e. The number of para-hydroxylation sites is 1. The molecule has 7 nitrogen and oxygen atoms in total. The summed E-state index contributed by atoms with van der Waals surface area (Å²) < 4.78 is 15.1. The lowest BCUT2D eigenvalue weighted by Gasteiger charge is -2.18. The number of nitrogens with one attached hydrogen (secondary N) is 1. The molecule has 0 radical (unpaired) electrons. The van der Waals surface area contributed by atoms with Gasteiger partial charge in [0, 0.05) is 5.69 Å². The van der Waals surface area contributed by atoms with E-state index >= 15 is 0 Å². The number of hydrogen-bond donors (Lipinski definition) is 1. The number of carbonyl (C=O) groups is 3. The summed E-state index contributed by atoms with van der Waals surface area (Å²) in [6.45, 7) is 1.82. The van der Waals surface area contributed by atoms with Crippen LogP contribution in [0.2, 0.25) is 0 Å². The van der Waals surface area contributed by atoms with Gasteiger partial charge in [0.05, 0.1) is 25.3 Å². The zero-order chi connectivity index (χ0) is 19.8. The highest BCUT2D eigenvalue weighted by atomic mass is 16.5. The van der Waals surface area contributed by atoms with Gasteiger partial charge < -0.3 is 19.5 Å². The lowest BCUT2D eigenvalue weighted by molar-refractivity contribution is -0.122. The van der Waals surface area contributed by atoms with Gasteiger partial charge in [-0.15, -0.1) is 0 Å². The molecule has 27 heavy (non-hydrogen) atoms. The van der Waals surface area contributed by atoms with Crippen molar-refractivity contribution in [1.29, 1.82) is 0 Å². The van der Waals surface area contributed by atoms with Crippen molar-refractivity contribution >= 4 is 23.5 Å². The predicted molar refractivity (Wildman–Crippen MR) is 98.9 cm³/mol. The van der Waals surface area contributed by atoms with E-state index in [4.69, 9.17) is 4.74 Å². The van der Waals surface area contributed by atoms with Crippen molar-refractivity contribution in [3.63, 3.8) is 0 Å². The van der Waals surface area contributed by atoms with Crippen molar-refractivity contribution in [3.8, 4) is 5.75 Å². The van der Waals surface area contributed by atoms with E-state index in [0.29, 0.717) is 12.2 Å². The smallest absolute Gasteiger partial charge is 0.337 e.